The molecule has 0 aliphatic carbocycles. The largest absolute Gasteiger partial charge is 0.436 e. The van der Waals surface area contributed by atoms with Crippen molar-refractivity contribution in [1.29, 1.82) is 0 Å². The van der Waals surface area contributed by atoms with Gasteiger partial charge in [0.05, 0.1) is 16.3 Å². The lowest BCUT2D eigenvalue weighted by Crippen LogP contribution is -2.48. The highest BCUT2D eigenvalue weighted by molar-refractivity contribution is 7.20. The summed E-state index contributed by atoms with van der Waals surface area (Å²) < 4.78 is 5.82. The Labute approximate surface area is 183 Å². The Bertz CT molecular complexity index is 956. The van der Waals surface area contributed by atoms with Crippen molar-refractivity contribution >= 4 is 45.2 Å². The number of thiazole rings is 1. The van der Waals surface area contributed by atoms with E-state index >= 15 is 0 Å². The molecule has 4 N–H and O–H groups in total. The second-order valence-electron chi connectivity index (χ2n) is 7.98. The quantitative estimate of drug-likeness (QED) is 0.503. The minimum atomic E-state index is -1.12. The summed E-state index contributed by atoms with van der Waals surface area (Å²) in [6.07, 6.45) is -1.23. The zero-order valence-electron chi connectivity index (χ0n) is 17.4. The third-order valence-corrected chi connectivity index (χ3v) is 6.11. The molecule has 166 valence electrons. The van der Waals surface area contributed by atoms with Gasteiger partial charge in [0, 0.05) is 12.5 Å². The van der Waals surface area contributed by atoms with E-state index in [2.05, 4.69) is 15.6 Å². The highest BCUT2D eigenvalue weighted by Crippen LogP contribution is 2.25. The highest BCUT2D eigenvalue weighted by atomic mass is 32.1. The summed E-state index contributed by atoms with van der Waals surface area (Å²) in [5.41, 5.74) is 5.80. The number of fused-ring (bicyclic) bond motifs is 1. The molecular weight excluding hydrogens is 420 g/mol. The van der Waals surface area contributed by atoms with Crippen LogP contribution in [0.25, 0.3) is 10.2 Å². The van der Waals surface area contributed by atoms with E-state index in [1.807, 2.05) is 32.0 Å². The van der Waals surface area contributed by atoms with Crippen LogP contribution in [0.3, 0.4) is 0 Å². The summed E-state index contributed by atoms with van der Waals surface area (Å²) in [5, 5.41) is 5.68. The van der Waals surface area contributed by atoms with E-state index in [1.165, 1.54) is 11.3 Å². The normalized spacial score (nSPS) is 17.9. The molecule has 1 saturated heterocycles. The minimum Gasteiger partial charge on any atom is -0.436 e. The fraction of sp³-hybridized carbons (Fsp3) is 0.476. The standard InChI is InChI=1S/C21H26N4O5S/c1-11(2)9-15(30-21(22)29)19(28)24-14(10-12-7-8-23-18(12)27)17(26)20-25-13-5-3-4-6-16(13)31-20/h3-6,11-12,14-15H,7-10H2,1-2H3,(H2,22,29)(H,23,27)(H,24,28)/t12-,14?,15?/m0/s1. The van der Waals surface area contributed by atoms with E-state index in [-0.39, 0.29) is 35.5 Å². The van der Waals surface area contributed by atoms with Gasteiger partial charge in [0.25, 0.3) is 5.91 Å². The number of hydrogen-bond acceptors (Lipinski definition) is 7. The number of hydrogen-bond donors (Lipinski definition) is 3. The predicted octanol–water partition coefficient (Wildman–Crippen LogP) is 2.00. The summed E-state index contributed by atoms with van der Waals surface area (Å²) in [6.45, 7) is 4.27. The van der Waals surface area contributed by atoms with Gasteiger partial charge >= 0.3 is 6.09 Å². The molecule has 1 aliphatic heterocycles. The van der Waals surface area contributed by atoms with Gasteiger partial charge in [-0.1, -0.05) is 26.0 Å². The summed E-state index contributed by atoms with van der Waals surface area (Å²) >= 11 is 1.23. The number of amides is 3. The van der Waals surface area contributed by atoms with Crippen molar-refractivity contribution in [3.63, 3.8) is 0 Å². The van der Waals surface area contributed by atoms with Crippen LogP contribution in [0, 0.1) is 11.8 Å². The van der Waals surface area contributed by atoms with Crippen LogP contribution in [0.15, 0.2) is 24.3 Å². The number of rotatable bonds is 9. The fourth-order valence-corrected chi connectivity index (χ4v) is 4.51. The van der Waals surface area contributed by atoms with Gasteiger partial charge in [-0.05, 0) is 37.3 Å². The van der Waals surface area contributed by atoms with Crippen LogP contribution >= 0.6 is 11.3 Å². The Hall–Kier alpha value is -3.01. The van der Waals surface area contributed by atoms with Gasteiger partial charge in [-0.3, -0.25) is 14.4 Å². The molecule has 0 spiro atoms. The lowest BCUT2D eigenvalue weighted by atomic mass is 9.95. The number of nitrogens with one attached hydrogen (secondary N) is 2. The Kier molecular flexibility index (Phi) is 7.21. The molecule has 1 fully saturated rings. The number of para-hydroxylation sites is 1. The summed E-state index contributed by atoms with van der Waals surface area (Å²) in [6, 6.07) is 6.37. The van der Waals surface area contributed by atoms with Gasteiger partial charge < -0.3 is 21.1 Å². The van der Waals surface area contributed by atoms with E-state index in [0.717, 1.165) is 4.70 Å². The van der Waals surface area contributed by atoms with E-state index in [1.54, 1.807) is 6.07 Å². The minimum absolute atomic E-state index is 0.0501. The highest BCUT2D eigenvalue weighted by Gasteiger charge is 2.35. The van der Waals surface area contributed by atoms with Crippen molar-refractivity contribution < 1.29 is 23.9 Å². The van der Waals surface area contributed by atoms with Crippen molar-refractivity contribution in [3.8, 4) is 0 Å². The van der Waals surface area contributed by atoms with Crippen molar-refractivity contribution in [2.75, 3.05) is 6.54 Å². The number of ketones is 1. The number of aromatic nitrogens is 1. The molecule has 0 saturated carbocycles. The zero-order valence-corrected chi connectivity index (χ0v) is 18.2. The Morgan fingerprint density at radius 3 is 2.68 bits per heavy atom. The number of carbonyl (C=O) groups excluding carboxylic acids is 4. The second-order valence-corrected chi connectivity index (χ2v) is 9.01. The number of benzene rings is 1. The molecule has 9 nitrogen and oxygen atoms in total. The molecule has 10 heteroatoms. The molecule has 1 aromatic heterocycles. The maximum absolute atomic E-state index is 13.3. The zero-order chi connectivity index (χ0) is 22.5. The number of ether oxygens (including phenoxy) is 1. The molecule has 2 heterocycles. The SMILES string of the molecule is CC(C)CC(OC(N)=O)C(=O)NC(C[C@@H]1CCNC1=O)C(=O)c1nc2ccccc2s1. The molecule has 0 bridgehead atoms. The lowest BCUT2D eigenvalue weighted by molar-refractivity contribution is -0.131. The van der Waals surface area contributed by atoms with Crippen molar-refractivity contribution in [1.82, 2.24) is 15.6 Å². The van der Waals surface area contributed by atoms with E-state index in [4.69, 9.17) is 10.5 Å². The molecule has 0 radical (unpaired) electrons. The second kappa shape index (κ2) is 9.86. The molecule has 3 amide bonds. The summed E-state index contributed by atoms with van der Waals surface area (Å²) in [5.74, 6) is -1.50. The van der Waals surface area contributed by atoms with Crippen LogP contribution in [0.1, 0.15) is 42.9 Å². The maximum atomic E-state index is 13.3. The van der Waals surface area contributed by atoms with Gasteiger partial charge in [0.15, 0.2) is 11.1 Å². The Balaban J connectivity index is 1.84. The molecule has 3 rings (SSSR count). The fourth-order valence-electron chi connectivity index (χ4n) is 3.55. The van der Waals surface area contributed by atoms with Gasteiger partial charge in [-0.25, -0.2) is 9.78 Å². The van der Waals surface area contributed by atoms with Gasteiger partial charge in [0.2, 0.25) is 11.7 Å². The van der Waals surface area contributed by atoms with Crippen LogP contribution in [0.2, 0.25) is 0 Å². The average molecular weight is 447 g/mol. The first-order valence-corrected chi connectivity index (χ1v) is 11.0. The van der Waals surface area contributed by atoms with E-state index < -0.39 is 30.1 Å². The Morgan fingerprint density at radius 1 is 1.32 bits per heavy atom. The van der Waals surface area contributed by atoms with Gasteiger partial charge in [0.1, 0.15) is 0 Å². The van der Waals surface area contributed by atoms with Gasteiger partial charge in [-0.15, -0.1) is 11.3 Å². The molecule has 1 aromatic carbocycles. The van der Waals surface area contributed by atoms with Crippen LogP contribution in [-0.2, 0) is 14.3 Å². The maximum Gasteiger partial charge on any atom is 0.405 e. The molecule has 1 aliphatic rings. The third kappa shape index (κ3) is 5.78. The average Bonchev–Trinajstić information content (AvgIpc) is 3.31. The number of Topliss-reactive ketones (excluding diaryl/α,β-unsaturated/α-hetero) is 1. The lowest BCUT2D eigenvalue weighted by Gasteiger charge is -2.23. The molecular formula is C21H26N4O5S. The smallest absolute Gasteiger partial charge is 0.405 e. The van der Waals surface area contributed by atoms with Crippen molar-refractivity contribution in [3.05, 3.63) is 29.3 Å². The number of carbonyl (C=O) groups is 4. The third-order valence-electron chi connectivity index (χ3n) is 5.06. The van der Waals surface area contributed by atoms with Crippen molar-refractivity contribution in [2.24, 2.45) is 17.6 Å². The first kappa shape index (κ1) is 22.7. The summed E-state index contributed by atoms with van der Waals surface area (Å²) in [7, 11) is 0. The van der Waals surface area contributed by atoms with Crippen LogP contribution < -0.4 is 16.4 Å². The van der Waals surface area contributed by atoms with Crippen LogP contribution in [0.5, 0.6) is 0 Å². The molecule has 3 atom stereocenters. The first-order valence-electron chi connectivity index (χ1n) is 10.2. The first-order chi connectivity index (χ1) is 14.7. The van der Waals surface area contributed by atoms with Crippen LogP contribution in [0.4, 0.5) is 4.79 Å². The van der Waals surface area contributed by atoms with E-state index in [9.17, 15) is 19.2 Å². The number of nitrogens with zero attached hydrogens (tertiary/aromatic N) is 1. The Morgan fingerprint density at radius 2 is 2.06 bits per heavy atom. The summed E-state index contributed by atoms with van der Waals surface area (Å²) in [4.78, 5) is 53.9. The number of nitrogens with two attached hydrogens (primary N) is 1. The predicted molar refractivity (Wildman–Crippen MR) is 116 cm³/mol. The van der Waals surface area contributed by atoms with Gasteiger partial charge in [-0.2, -0.15) is 0 Å². The number of primary amides is 1. The topological polar surface area (TPSA) is 140 Å². The van der Waals surface area contributed by atoms with E-state index in [0.29, 0.717) is 18.5 Å². The van der Waals surface area contributed by atoms with Crippen molar-refractivity contribution in [2.45, 2.75) is 45.3 Å². The molecule has 2 unspecified atom stereocenters. The monoisotopic (exact) mass is 446 g/mol. The molecule has 2 aromatic rings. The molecule has 31 heavy (non-hydrogen) atoms. The van der Waals surface area contributed by atoms with Crippen LogP contribution in [-0.4, -0.2) is 47.4 Å².